The van der Waals surface area contributed by atoms with Crippen molar-refractivity contribution in [2.24, 2.45) is 5.73 Å². The molecule has 3 N–H and O–H groups in total. The predicted octanol–water partition coefficient (Wildman–Crippen LogP) is 0.844. The van der Waals surface area contributed by atoms with Crippen LogP contribution in [0.4, 0.5) is 5.69 Å². The van der Waals surface area contributed by atoms with Gasteiger partial charge < -0.3 is 16.0 Å². The molecule has 1 aromatic carbocycles. The average Bonchev–Trinajstić information content (AvgIpc) is 2.29. The number of carbonyl (C=O) groups is 1. The predicted molar refractivity (Wildman–Crippen MR) is 67.3 cm³/mol. The maximum Gasteiger partial charge on any atom is 0.239 e. The molecule has 0 unspecified atom stereocenters. The molecule has 5 heteroatoms. The van der Waals surface area contributed by atoms with Crippen molar-refractivity contribution in [3.8, 4) is 0 Å². The highest BCUT2D eigenvalue weighted by atomic mass is 79.9. The van der Waals surface area contributed by atoms with Gasteiger partial charge in [-0.05, 0) is 17.7 Å². The molecule has 4 nitrogen and oxygen atoms in total. The Labute approximate surface area is 103 Å². The number of carbonyl (C=O) groups excluding carboxylic acids is 1. The van der Waals surface area contributed by atoms with Crippen LogP contribution in [0.1, 0.15) is 5.56 Å². The van der Waals surface area contributed by atoms with Gasteiger partial charge in [-0.15, -0.1) is 0 Å². The molecule has 1 aliphatic rings. The third-order valence-corrected chi connectivity index (χ3v) is 3.40. The summed E-state index contributed by atoms with van der Waals surface area (Å²) >= 11 is 3.48. The molecule has 1 amide bonds. The largest absolute Gasteiger partial charge is 0.360 e. The third kappa shape index (κ3) is 2.36. The Morgan fingerprint density at radius 2 is 2.31 bits per heavy atom. The van der Waals surface area contributed by atoms with Crippen LogP contribution in [0.25, 0.3) is 0 Å². The summed E-state index contributed by atoms with van der Waals surface area (Å²) in [6, 6.07) is 6.01. The van der Waals surface area contributed by atoms with E-state index in [1.54, 1.807) is 0 Å². The van der Waals surface area contributed by atoms with Crippen LogP contribution < -0.4 is 16.0 Å². The zero-order valence-corrected chi connectivity index (χ0v) is 10.5. The van der Waals surface area contributed by atoms with E-state index in [9.17, 15) is 4.79 Å². The molecule has 86 valence electrons. The van der Waals surface area contributed by atoms with Gasteiger partial charge in [0.2, 0.25) is 5.91 Å². The maximum atomic E-state index is 11.3. The normalized spacial score (nSPS) is 16.1. The van der Waals surface area contributed by atoms with Crippen molar-refractivity contribution in [2.75, 3.05) is 24.5 Å². The molecule has 16 heavy (non-hydrogen) atoms. The molecule has 0 bridgehead atoms. The van der Waals surface area contributed by atoms with Crippen LogP contribution in [0.5, 0.6) is 0 Å². The van der Waals surface area contributed by atoms with Gasteiger partial charge in [0.25, 0.3) is 0 Å². The van der Waals surface area contributed by atoms with Crippen molar-refractivity contribution in [2.45, 2.75) is 6.54 Å². The fourth-order valence-corrected chi connectivity index (χ4v) is 2.29. The molecule has 0 radical (unpaired) electrons. The molecular weight excluding hydrogens is 270 g/mol. The summed E-state index contributed by atoms with van der Waals surface area (Å²) < 4.78 is 0.999. The topological polar surface area (TPSA) is 58.4 Å². The fraction of sp³-hybridized carbons (Fsp3) is 0.364. The van der Waals surface area contributed by atoms with Crippen LogP contribution in [0.15, 0.2) is 22.7 Å². The Bertz CT molecular complexity index is 408. The lowest BCUT2D eigenvalue weighted by molar-refractivity contribution is -0.120. The Morgan fingerprint density at radius 1 is 1.50 bits per heavy atom. The Balaban J connectivity index is 2.20. The lowest BCUT2D eigenvalue weighted by Gasteiger charge is -2.29. The zero-order valence-electron chi connectivity index (χ0n) is 8.87. The molecule has 2 rings (SSSR count). The average molecular weight is 284 g/mol. The Hall–Kier alpha value is -1.07. The van der Waals surface area contributed by atoms with Gasteiger partial charge in [0.05, 0.1) is 6.54 Å². The zero-order chi connectivity index (χ0) is 11.5. The summed E-state index contributed by atoms with van der Waals surface area (Å²) in [5.41, 5.74) is 7.72. The smallest absolute Gasteiger partial charge is 0.239 e. The molecule has 0 aromatic heterocycles. The molecule has 0 atom stereocenters. The van der Waals surface area contributed by atoms with Crippen molar-refractivity contribution >= 4 is 27.5 Å². The lowest BCUT2D eigenvalue weighted by Crippen LogP contribution is -2.47. The quantitative estimate of drug-likeness (QED) is 0.846. The van der Waals surface area contributed by atoms with E-state index in [0.29, 0.717) is 19.6 Å². The Morgan fingerprint density at radius 3 is 2.94 bits per heavy atom. The number of anilines is 1. The fourth-order valence-electron chi connectivity index (χ4n) is 1.76. The first-order valence-corrected chi connectivity index (χ1v) is 6.00. The van der Waals surface area contributed by atoms with Crippen LogP contribution in [0, 0.1) is 0 Å². The number of nitrogens with one attached hydrogen (secondary N) is 1. The van der Waals surface area contributed by atoms with Gasteiger partial charge in [-0.2, -0.15) is 0 Å². The van der Waals surface area contributed by atoms with Crippen molar-refractivity contribution in [3.63, 3.8) is 0 Å². The van der Waals surface area contributed by atoms with Gasteiger partial charge >= 0.3 is 0 Å². The van der Waals surface area contributed by atoms with Crippen LogP contribution >= 0.6 is 15.9 Å². The number of amides is 1. The first-order chi connectivity index (χ1) is 7.70. The number of hydrogen-bond acceptors (Lipinski definition) is 3. The van der Waals surface area contributed by atoms with E-state index in [2.05, 4.69) is 26.1 Å². The highest BCUT2D eigenvalue weighted by Gasteiger charge is 2.16. The molecule has 0 aliphatic carbocycles. The Kier molecular flexibility index (Phi) is 3.46. The number of hydrogen-bond donors (Lipinski definition) is 2. The van der Waals surface area contributed by atoms with Crippen LogP contribution in [0.2, 0.25) is 0 Å². The summed E-state index contributed by atoms with van der Waals surface area (Å²) in [7, 11) is 0. The molecule has 0 saturated carbocycles. The molecule has 1 aromatic rings. The molecular formula is C11H14BrN3O. The SMILES string of the molecule is NCc1ccc(N2CCNC(=O)C2)cc1Br. The van der Waals surface area contributed by atoms with Crippen molar-refractivity contribution < 1.29 is 4.79 Å². The summed E-state index contributed by atoms with van der Waals surface area (Å²) in [6.07, 6.45) is 0. The lowest BCUT2D eigenvalue weighted by atomic mass is 10.2. The van der Waals surface area contributed by atoms with Gasteiger partial charge in [0.15, 0.2) is 0 Å². The van der Waals surface area contributed by atoms with E-state index in [4.69, 9.17) is 5.73 Å². The van der Waals surface area contributed by atoms with E-state index >= 15 is 0 Å². The van der Waals surface area contributed by atoms with E-state index in [1.807, 2.05) is 18.2 Å². The van der Waals surface area contributed by atoms with Gasteiger partial charge in [-0.25, -0.2) is 0 Å². The second-order valence-corrected chi connectivity index (χ2v) is 4.61. The highest BCUT2D eigenvalue weighted by molar-refractivity contribution is 9.10. The van der Waals surface area contributed by atoms with E-state index in [0.717, 1.165) is 22.3 Å². The first-order valence-electron chi connectivity index (χ1n) is 5.21. The molecule has 1 saturated heterocycles. The van der Waals surface area contributed by atoms with E-state index < -0.39 is 0 Å². The first kappa shape index (κ1) is 11.4. The number of piperazine rings is 1. The standard InChI is InChI=1S/C11H14BrN3O/c12-10-5-9(2-1-8(10)6-13)15-4-3-14-11(16)7-15/h1-2,5H,3-4,6-7,13H2,(H,14,16). The van der Waals surface area contributed by atoms with Crippen LogP contribution in [0.3, 0.4) is 0 Å². The van der Waals surface area contributed by atoms with E-state index in [1.165, 1.54) is 0 Å². The number of halogens is 1. The number of rotatable bonds is 2. The minimum absolute atomic E-state index is 0.0743. The van der Waals surface area contributed by atoms with E-state index in [-0.39, 0.29) is 5.91 Å². The monoisotopic (exact) mass is 283 g/mol. The second-order valence-electron chi connectivity index (χ2n) is 3.75. The maximum absolute atomic E-state index is 11.3. The second kappa shape index (κ2) is 4.84. The summed E-state index contributed by atoms with van der Waals surface area (Å²) in [4.78, 5) is 13.3. The van der Waals surface area contributed by atoms with Gasteiger partial charge in [-0.3, -0.25) is 4.79 Å². The van der Waals surface area contributed by atoms with Gasteiger partial charge in [0, 0.05) is 29.8 Å². The number of benzene rings is 1. The third-order valence-electron chi connectivity index (χ3n) is 2.66. The molecule has 0 spiro atoms. The van der Waals surface area contributed by atoms with Crippen molar-refractivity contribution in [3.05, 3.63) is 28.2 Å². The highest BCUT2D eigenvalue weighted by Crippen LogP contribution is 2.24. The van der Waals surface area contributed by atoms with Gasteiger partial charge in [0.1, 0.15) is 0 Å². The molecule has 1 fully saturated rings. The molecule has 1 heterocycles. The number of nitrogens with zero attached hydrogens (tertiary/aromatic N) is 1. The van der Waals surface area contributed by atoms with Crippen LogP contribution in [-0.4, -0.2) is 25.5 Å². The number of nitrogens with two attached hydrogens (primary N) is 1. The summed E-state index contributed by atoms with van der Waals surface area (Å²) in [6.45, 7) is 2.49. The minimum Gasteiger partial charge on any atom is -0.360 e. The van der Waals surface area contributed by atoms with Crippen molar-refractivity contribution in [1.29, 1.82) is 0 Å². The van der Waals surface area contributed by atoms with Crippen molar-refractivity contribution in [1.82, 2.24) is 5.32 Å². The summed E-state index contributed by atoms with van der Waals surface area (Å²) in [5, 5.41) is 2.81. The summed E-state index contributed by atoms with van der Waals surface area (Å²) in [5.74, 6) is 0.0743. The minimum atomic E-state index is 0.0743. The van der Waals surface area contributed by atoms with Crippen LogP contribution in [-0.2, 0) is 11.3 Å². The molecule has 1 aliphatic heterocycles. The van der Waals surface area contributed by atoms with Gasteiger partial charge in [-0.1, -0.05) is 22.0 Å².